The molecule has 0 saturated heterocycles. The fraction of sp³-hybridized carbons (Fsp3) is 0.412. The van der Waals surface area contributed by atoms with Gasteiger partial charge in [0.25, 0.3) is 5.56 Å². The minimum absolute atomic E-state index is 0.0265. The van der Waals surface area contributed by atoms with Gasteiger partial charge in [0.2, 0.25) is 0 Å². The second-order valence-corrected chi connectivity index (χ2v) is 6.45. The van der Waals surface area contributed by atoms with Crippen LogP contribution in [-0.2, 0) is 19.5 Å². The molecule has 6 nitrogen and oxygen atoms in total. The number of thioether (sulfide) groups is 1. The molecule has 2 aromatic rings. The van der Waals surface area contributed by atoms with Gasteiger partial charge in [-0.05, 0) is 24.0 Å². The Morgan fingerprint density at radius 3 is 2.79 bits per heavy atom. The predicted molar refractivity (Wildman–Crippen MR) is 94.0 cm³/mol. The quantitative estimate of drug-likeness (QED) is 0.660. The molecule has 2 heterocycles. The van der Waals surface area contributed by atoms with Crippen LogP contribution in [0.2, 0.25) is 0 Å². The molecule has 0 unspecified atom stereocenters. The van der Waals surface area contributed by atoms with E-state index in [1.54, 1.807) is 14.2 Å². The van der Waals surface area contributed by atoms with E-state index < -0.39 is 0 Å². The topological polar surface area (TPSA) is 67.5 Å². The molecule has 1 aromatic carbocycles. The lowest BCUT2D eigenvalue weighted by atomic mass is 10.1. The molecule has 128 valence electrons. The lowest BCUT2D eigenvalue weighted by molar-refractivity contribution is 0.240. The Balaban J connectivity index is 1.78. The molecule has 0 bridgehead atoms. The number of methoxy groups -OCH3 is 2. The summed E-state index contributed by atoms with van der Waals surface area (Å²) in [5.41, 5.74) is 2.80. The number of benzene rings is 1. The summed E-state index contributed by atoms with van der Waals surface area (Å²) < 4.78 is 10.6. The van der Waals surface area contributed by atoms with Gasteiger partial charge in [0.05, 0.1) is 25.5 Å². The molecule has 0 aliphatic carbocycles. The molecule has 1 aliphatic heterocycles. The predicted octanol–water partition coefficient (Wildman–Crippen LogP) is 2.07. The molecule has 0 amide bonds. The van der Waals surface area contributed by atoms with Crippen molar-refractivity contribution in [3.8, 4) is 11.5 Å². The van der Waals surface area contributed by atoms with Gasteiger partial charge < -0.3 is 14.5 Å². The van der Waals surface area contributed by atoms with E-state index in [0.717, 1.165) is 47.8 Å². The lowest BCUT2D eigenvalue weighted by Gasteiger charge is -2.27. The average Bonchev–Trinajstić information content (AvgIpc) is 2.61. The van der Waals surface area contributed by atoms with Crippen molar-refractivity contribution in [1.29, 1.82) is 0 Å². The Morgan fingerprint density at radius 1 is 1.29 bits per heavy atom. The Morgan fingerprint density at radius 2 is 2.08 bits per heavy atom. The third kappa shape index (κ3) is 3.42. The fourth-order valence-electron chi connectivity index (χ4n) is 2.93. The Labute approximate surface area is 145 Å². The Hall–Kier alpha value is -1.99. The van der Waals surface area contributed by atoms with E-state index in [1.807, 2.05) is 24.5 Å². The van der Waals surface area contributed by atoms with Crippen molar-refractivity contribution in [1.82, 2.24) is 14.9 Å². The van der Waals surface area contributed by atoms with E-state index >= 15 is 0 Å². The van der Waals surface area contributed by atoms with E-state index in [2.05, 4.69) is 14.9 Å². The van der Waals surface area contributed by atoms with Crippen molar-refractivity contribution in [2.24, 2.45) is 0 Å². The van der Waals surface area contributed by atoms with E-state index in [-0.39, 0.29) is 5.56 Å². The highest BCUT2D eigenvalue weighted by atomic mass is 32.2. The van der Waals surface area contributed by atoms with Crippen molar-refractivity contribution in [3.63, 3.8) is 0 Å². The lowest BCUT2D eigenvalue weighted by Crippen LogP contribution is -2.35. The molecule has 0 saturated carbocycles. The Bertz CT molecular complexity index is 791. The number of nitrogens with one attached hydrogen (secondary N) is 1. The van der Waals surface area contributed by atoms with Crippen LogP contribution in [0.4, 0.5) is 0 Å². The van der Waals surface area contributed by atoms with Crippen LogP contribution in [0.5, 0.6) is 11.5 Å². The van der Waals surface area contributed by atoms with E-state index in [1.165, 1.54) is 11.8 Å². The second kappa shape index (κ2) is 7.27. The van der Waals surface area contributed by atoms with Crippen LogP contribution in [-0.4, -0.2) is 41.9 Å². The molecule has 24 heavy (non-hydrogen) atoms. The van der Waals surface area contributed by atoms with Gasteiger partial charge in [-0.15, -0.1) is 0 Å². The third-order valence-electron chi connectivity index (χ3n) is 4.17. The first-order chi connectivity index (χ1) is 11.6. The zero-order valence-corrected chi connectivity index (χ0v) is 14.9. The van der Waals surface area contributed by atoms with Crippen LogP contribution in [0.3, 0.4) is 0 Å². The van der Waals surface area contributed by atoms with E-state index in [0.29, 0.717) is 11.7 Å². The number of ether oxygens (including phenoxy) is 2. The number of H-pyrrole nitrogens is 1. The smallest absolute Gasteiger partial charge is 0.256 e. The number of aromatic nitrogens is 2. The summed E-state index contributed by atoms with van der Waals surface area (Å²) in [6, 6.07) is 5.91. The normalized spacial score (nSPS) is 14.3. The van der Waals surface area contributed by atoms with Gasteiger partial charge in [0.15, 0.2) is 16.7 Å². The monoisotopic (exact) mass is 347 g/mol. The zero-order valence-electron chi connectivity index (χ0n) is 14.1. The molecular formula is C17H21N3O3S. The maximum Gasteiger partial charge on any atom is 0.256 e. The second-order valence-electron chi connectivity index (χ2n) is 5.65. The number of hydrogen-bond acceptors (Lipinski definition) is 6. The third-order valence-corrected chi connectivity index (χ3v) is 4.75. The van der Waals surface area contributed by atoms with Crippen molar-refractivity contribution < 1.29 is 9.47 Å². The highest BCUT2D eigenvalue weighted by Crippen LogP contribution is 2.28. The first-order valence-corrected chi connectivity index (χ1v) is 8.96. The van der Waals surface area contributed by atoms with Crippen LogP contribution < -0.4 is 15.0 Å². The summed E-state index contributed by atoms with van der Waals surface area (Å²) in [5, 5.41) is 0.687. The highest BCUT2D eigenvalue weighted by Gasteiger charge is 2.21. The standard InChI is InChI=1S/C17H21N3O3S/c1-22-14-5-4-11(8-15(14)23-2)9-20-7-6-13-12(10-20)16(21)19-17(18-13)24-3/h4-5,8H,6-7,9-10H2,1-3H3,(H,18,19,21). The van der Waals surface area contributed by atoms with Crippen molar-refractivity contribution >= 4 is 11.8 Å². The van der Waals surface area contributed by atoms with Crippen molar-refractivity contribution in [2.45, 2.75) is 24.7 Å². The van der Waals surface area contributed by atoms with Crippen LogP contribution in [0, 0.1) is 0 Å². The van der Waals surface area contributed by atoms with Crippen LogP contribution in [0.15, 0.2) is 28.2 Å². The molecule has 1 N–H and O–H groups in total. The number of rotatable bonds is 5. The van der Waals surface area contributed by atoms with Gasteiger partial charge in [-0.2, -0.15) is 0 Å². The summed E-state index contributed by atoms with van der Waals surface area (Å²) in [6.45, 7) is 2.25. The van der Waals surface area contributed by atoms with Crippen molar-refractivity contribution in [3.05, 3.63) is 45.4 Å². The summed E-state index contributed by atoms with van der Waals surface area (Å²) in [5.74, 6) is 1.44. The molecule has 0 radical (unpaired) electrons. The van der Waals surface area contributed by atoms with Crippen molar-refractivity contribution in [2.75, 3.05) is 27.0 Å². The zero-order chi connectivity index (χ0) is 17.1. The minimum atomic E-state index is -0.0265. The summed E-state index contributed by atoms with van der Waals surface area (Å²) in [7, 11) is 3.26. The molecule has 0 fully saturated rings. The van der Waals surface area contributed by atoms with Crippen LogP contribution in [0.1, 0.15) is 16.8 Å². The maximum atomic E-state index is 12.3. The molecule has 0 spiro atoms. The average molecular weight is 347 g/mol. The van der Waals surface area contributed by atoms with Gasteiger partial charge in [-0.25, -0.2) is 4.98 Å². The molecule has 0 atom stereocenters. The van der Waals surface area contributed by atoms with E-state index in [4.69, 9.17) is 9.47 Å². The molecular weight excluding hydrogens is 326 g/mol. The van der Waals surface area contributed by atoms with Gasteiger partial charge >= 0.3 is 0 Å². The van der Waals surface area contributed by atoms with Crippen LogP contribution in [0.25, 0.3) is 0 Å². The molecule has 1 aromatic heterocycles. The minimum Gasteiger partial charge on any atom is -0.493 e. The first-order valence-electron chi connectivity index (χ1n) is 7.74. The van der Waals surface area contributed by atoms with Gasteiger partial charge in [0, 0.05) is 26.1 Å². The SMILES string of the molecule is COc1ccc(CN2CCc3nc(SC)[nH]c(=O)c3C2)cc1OC. The summed E-state index contributed by atoms with van der Waals surface area (Å²) >= 11 is 1.46. The number of aromatic amines is 1. The number of hydrogen-bond donors (Lipinski definition) is 1. The van der Waals surface area contributed by atoms with Gasteiger partial charge in [-0.3, -0.25) is 9.69 Å². The molecule has 1 aliphatic rings. The Kier molecular flexibility index (Phi) is 5.11. The molecule has 7 heteroatoms. The van der Waals surface area contributed by atoms with Gasteiger partial charge in [0.1, 0.15) is 0 Å². The number of fused-ring (bicyclic) bond motifs is 1. The van der Waals surface area contributed by atoms with Gasteiger partial charge in [-0.1, -0.05) is 17.8 Å². The number of nitrogens with zero attached hydrogens (tertiary/aromatic N) is 2. The maximum absolute atomic E-state index is 12.3. The first kappa shape index (κ1) is 16.9. The van der Waals surface area contributed by atoms with E-state index in [9.17, 15) is 4.79 Å². The summed E-state index contributed by atoms with van der Waals surface area (Å²) in [6.07, 6.45) is 2.71. The largest absolute Gasteiger partial charge is 0.493 e. The summed E-state index contributed by atoms with van der Waals surface area (Å²) in [4.78, 5) is 21.9. The van der Waals surface area contributed by atoms with Crippen LogP contribution >= 0.6 is 11.8 Å². The fourth-order valence-corrected chi connectivity index (χ4v) is 3.32. The highest BCUT2D eigenvalue weighted by molar-refractivity contribution is 7.98. The molecule has 3 rings (SSSR count).